The van der Waals surface area contributed by atoms with Crippen LogP contribution in [0.1, 0.15) is 109 Å². The molecule has 0 saturated heterocycles. The molecular formula is C55H89N17O10. The molecule has 454 valence electrons. The van der Waals surface area contributed by atoms with E-state index in [2.05, 4.69) is 52.2 Å². The second kappa shape index (κ2) is 35.6. The number of amides is 7. The van der Waals surface area contributed by atoms with E-state index in [1.165, 1.54) is 12.1 Å². The lowest BCUT2D eigenvalue weighted by atomic mass is 9.99. The van der Waals surface area contributed by atoms with Crippen LogP contribution in [0.2, 0.25) is 0 Å². The fourth-order valence-electron chi connectivity index (χ4n) is 8.77. The number of benzene rings is 2. The van der Waals surface area contributed by atoms with E-state index >= 15 is 0 Å². The summed E-state index contributed by atoms with van der Waals surface area (Å²) < 4.78 is 0. The van der Waals surface area contributed by atoms with Crippen LogP contribution in [0.25, 0.3) is 10.9 Å². The Morgan fingerprint density at radius 1 is 0.524 bits per heavy atom. The van der Waals surface area contributed by atoms with Crippen LogP contribution < -0.4 is 77.4 Å². The summed E-state index contributed by atoms with van der Waals surface area (Å²) in [7, 11) is 0. The average Bonchev–Trinajstić information content (AvgIpc) is 3.86. The van der Waals surface area contributed by atoms with Crippen LogP contribution in [0.4, 0.5) is 0 Å². The normalized spacial score (nSPS) is 14.2. The number of rotatable bonds is 38. The molecule has 1 heterocycles. The number of carbonyl (C=O) groups excluding carboxylic acids is 7. The zero-order valence-electron chi connectivity index (χ0n) is 47.6. The lowest BCUT2D eigenvalue weighted by Gasteiger charge is -2.29. The highest BCUT2D eigenvalue weighted by Gasteiger charge is 2.35. The predicted octanol–water partition coefficient (Wildman–Crippen LogP) is -1.47. The molecule has 3 rings (SSSR count). The first-order chi connectivity index (χ1) is 38.9. The summed E-state index contributed by atoms with van der Waals surface area (Å²) in [6.07, 6.45) is 3.72. The van der Waals surface area contributed by atoms with Crippen LogP contribution in [0.3, 0.4) is 0 Å². The third-order valence-corrected chi connectivity index (χ3v) is 13.4. The summed E-state index contributed by atoms with van der Waals surface area (Å²) in [6, 6.07) is 3.16. The quantitative estimate of drug-likeness (QED) is 0.0177. The third-order valence-electron chi connectivity index (χ3n) is 13.4. The molecule has 0 aliphatic rings. The summed E-state index contributed by atoms with van der Waals surface area (Å²) >= 11 is 0. The second-order valence-corrected chi connectivity index (χ2v) is 21.1. The molecule has 8 atom stereocenters. The van der Waals surface area contributed by atoms with Gasteiger partial charge in [0.1, 0.15) is 48.0 Å². The number of para-hydroxylation sites is 1. The van der Waals surface area contributed by atoms with Crippen molar-refractivity contribution in [3.8, 4) is 5.75 Å². The number of aliphatic carboxylic acids is 1. The van der Waals surface area contributed by atoms with Crippen molar-refractivity contribution in [2.75, 3.05) is 26.2 Å². The number of unbranched alkanes of at least 4 members (excludes halogenated alkanes) is 2. The highest BCUT2D eigenvalue weighted by atomic mass is 16.4. The summed E-state index contributed by atoms with van der Waals surface area (Å²) in [5.74, 6) is -7.56. The van der Waals surface area contributed by atoms with E-state index in [0.717, 1.165) is 10.9 Å². The third kappa shape index (κ3) is 24.4. The topological polar surface area (TPSA) is 484 Å². The number of aliphatic imine (C=N–C) groups is 2. The van der Waals surface area contributed by atoms with Crippen molar-refractivity contribution in [2.45, 2.75) is 160 Å². The number of aromatic amines is 1. The van der Waals surface area contributed by atoms with Crippen molar-refractivity contribution in [1.29, 1.82) is 0 Å². The minimum Gasteiger partial charge on any atom is -0.508 e. The van der Waals surface area contributed by atoms with Crippen molar-refractivity contribution in [2.24, 2.45) is 62.0 Å². The number of H-pyrrole nitrogens is 1. The van der Waals surface area contributed by atoms with Crippen molar-refractivity contribution in [3.63, 3.8) is 0 Å². The van der Waals surface area contributed by atoms with Crippen LogP contribution in [-0.2, 0) is 51.2 Å². The van der Waals surface area contributed by atoms with Gasteiger partial charge in [0.2, 0.25) is 41.4 Å². The van der Waals surface area contributed by atoms with E-state index in [1.807, 2.05) is 38.1 Å². The number of nitrogens with one attached hydrogen (secondary N) is 8. The van der Waals surface area contributed by atoms with E-state index in [4.69, 9.17) is 40.1 Å². The van der Waals surface area contributed by atoms with Crippen LogP contribution in [0, 0.1) is 11.8 Å². The average molecular weight is 1150 g/mol. The summed E-state index contributed by atoms with van der Waals surface area (Å²) in [6.45, 7) is 7.85. The van der Waals surface area contributed by atoms with Crippen LogP contribution in [-0.4, -0.2) is 149 Å². The van der Waals surface area contributed by atoms with Crippen molar-refractivity contribution in [1.82, 2.24) is 42.2 Å². The van der Waals surface area contributed by atoms with Gasteiger partial charge in [-0.25, -0.2) is 4.79 Å². The monoisotopic (exact) mass is 1150 g/mol. The molecule has 27 heteroatoms. The maximum atomic E-state index is 14.7. The Hall–Kier alpha value is -8.04. The van der Waals surface area contributed by atoms with Crippen molar-refractivity contribution < 1.29 is 48.6 Å². The molecule has 0 unspecified atom stereocenters. The molecule has 82 heavy (non-hydrogen) atoms. The molecular weight excluding hydrogens is 1060 g/mol. The Balaban J connectivity index is 1.99. The Bertz CT molecular complexity index is 2600. The number of guanidine groups is 2. The number of carboxylic acid groups (broad SMARTS) is 1. The highest BCUT2D eigenvalue weighted by molar-refractivity contribution is 5.98. The van der Waals surface area contributed by atoms with Crippen molar-refractivity contribution >= 4 is 70.1 Å². The maximum Gasteiger partial charge on any atom is 0.326 e. The summed E-state index contributed by atoms with van der Waals surface area (Å²) in [5.41, 5.74) is 41.7. The SMILES string of the molecule is CC(C)C[C@H](NC(=O)[C@H](CCCN=C(N)N)NC(=O)[C@H](Cc1ccc(O)cc1)NC(=O)[C@H](Cc1c[nH]c2ccccc12)NC(=O)[C@@H](N)C(C)C)C(=O)N[C@@H](CCCCN)C(=O)N[C@@H](CCCCN)C(=O)N[C@@H](CCCN=C(N)N)C(=O)O. The Morgan fingerprint density at radius 2 is 0.939 bits per heavy atom. The lowest BCUT2D eigenvalue weighted by Crippen LogP contribution is -2.60. The number of nitrogens with two attached hydrogens (primary N) is 7. The van der Waals surface area contributed by atoms with Gasteiger partial charge in [-0.05, 0) is 125 Å². The molecule has 0 radical (unpaired) electrons. The zero-order valence-corrected chi connectivity index (χ0v) is 47.6. The summed E-state index contributed by atoms with van der Waals surface area (Å²) in [5, 5.41) is 39.9. The van der Waals surface area contributed by atoms with Crippen LogP contribution in [0.5, 0.6) is 5.75 Å². The van der Waals surface area contributed by atoms with Gasteiger partial charge in [0.15, 0.2) is 11.9 Å². The first kappa shape index (κ1) is 68.2. The van der Waals surface area contributed by atoms with Gasteiger partial charge in [-0.3, -0.25) is 43.5 Å². The molecule has 3 aromatic rings. The molecule has 0 saturated carbocycles. The number of phenols is 1. The molecule has 0 aliphatic carbocycles. The Morgan fingerprint density at radius 3 is 1.41 bits per heavy atom. The van der Waals surface area contributed by atoms with Gasteiger partial charge in [0.05, 0.1) is 6.04 Å². The number of aromatic hydroxyl groups is 1. The van der Waals surface area contributed by atoms with Gasteiger partial charge < -0.3 is 92.6 Å². The number of carboxylic acids is 1. The molecule has 0 bridgehead atoms. The minimum absolute atomic E-state index is 0.00776. The van der Waals surface area contributed by atoms with E-state index in [1.54, 1.807) is 32.2 Å². The van der Waals surface area contributed by atoms with E-state index in [9.17, 15) is 48.6 Å². The van der Waals surface area contributed by atoms with Gasteiger partial charge in [0, 0.05) is 43.0 Å². The molecule has 0 fully saturated rings. The smallest absolute Gasteiger partial charge is 0.326 e. The Labute approximate surface area is 478 Å². The number of nitrogens with zero attached hydrogens (tertiary/aromatic N) is 2. The van der Waals surface area contributed by atoms with Gasteiger partial charge in [0.25, 0.3) is 0 Å². The van der Waals surface area contributed by atoms with Gasteiger partial charge >= 0.3 is 5.97 Å². The number of carbonyl (C=O) groups is 8. The number of phenolic OH excluding ortho intramolecular Hbond substituents is 1. The fourth-order valence-corrected chi connectivity index (χ4v) is 8.77. The van der Waals surface area contributed by atoms with Crippen molar-refractivity contribution in [3.05, 3.63) is 65.9 Å². The zero-order chi connectivity index (χ0) is 60.9. The van der Waals surface area contributed by atoms with Gasteiger partial charge in [-0.2, -0.15) is 0 Å². The number of hydrogen-bond acceptors (Lipinski definition) is 14. The molecule has 0 aliphatic heterocycles. The Kier molecular flexibility index (Phi) is 29.7. The molecule has 27 nitrogen and oxygen atoms in total. The van der Waals surface area contributed by atoms with E-state index in [-0.39, 0.29) is 113 Å². The number of aromatic nitrogens is 1. The second-order valence-electron chi connectivity index (χ2n) is 21.1. The number of fused-ring (bicyclic) bond motifs is 1. The van der Waals surface area contributed by atoms with Crippen LogP contribution in [0.15, 0.2) is 64.7 Å². The maximum absolute atomic E-state index is 14.7. The molecule has 1 aromatic heterocycles. The van der Waals surface area contributed by atoms with E-state index < -0.39 is 95.7 Å². The molecule has 2 aromatic carbocycles. The number of hydrogen-bond donors (Lipinski definition) is 17. The predicted molar refractivity (Wildman–Crippen MR) is 313 cm³/mol. The standard InChI is InChI=1S/C55H89N17O10/c1-31(2)27-42(49(77)67-38(15-7-9-23-56)46(74)66-39(16-8-10-24-57)47(75)69-41(53(81)82)18-12-26-64-55(61)62)70-48(76)40(17-11-25-63-54(59)60)68-50(78)43(28-33-19-21-35(73)22-20-33)71-51(79)44(72-52(80)45(58)32(3)4)29-34-30-65-37-14-6-5-13-36(34)37/h5-6,13-14,19-22,30-32,38-45,65,73H,7-12,15-18,23-29,56-58H2,1-4H3,(H,66,74)(H,67,77)(H,68,78)(H,69,75)(H,70,76)(H,71,79)(H,72,80)(H,81,82)(H4,59,60,63)(H4,61,62,64)/t38-,39-,40-,41-,42-,43-,44-,45-/m0/s1. The first-order valence-electron chi connectivity index (χ1n) is 27.9. The van der Waals surface area contributed by atoms with Crippen LogP contribution >= 0.6 is 0 Å². The molecule has 7 amide bonds. The van der Waals surface area contributed by atoms with E-state index in [0.29, 0.717) is 36.8 Å². The van der Waals surface area contributed by atoms with Gasteiger partial charge in [-0.1, -0.05) is 58.0 Å². The molecule has 0 spiro atoms. The highest BCUT2D eigenvalue weighted by Crippen LogP contribution is 2.20. The summed E-state index contributed by atoms with van der Waals surface area (Å²) in [4.78, 5) is 123. The minimum atomic E-state index is -1.40. The largest absolute Gasteiger partial charge is 0.508 e. The first-order valence-corrected chi connectivity index (χ1v) is 27.9. The molecule has 24 N–H and O–H groups in total. The lowest BCUT2D eigenvalue weighted by molar-refractivity contribution is -0.142. The fraction of sp³-hybridized carbons (Fsp3) is 0.564. The van der Waals surface area contributed by atoms with Gasteiger partial charge in [-0.15, -0.1) is 0 Å².